The molecule has 136 valence electrons. The zero-order chi connectivity index (χ0) is 18.7. The van der Waals surface area contributed by atoms with Crippen LogP contribution in [0.3, 0.4) is 0 Å². The maximum Gasteiger partial charge on any atom is 0.316 e. The summed E-state index contributed by atoms with van der Waals surface area (Å²) in [5.41, 5.74) is 3.10. The normalized spacial score (nSPS) is 10.9. The lowest BCUT2D eigenvalue weighted by molar-refractivity contribution is -0.142. The molecule has 0 N–H and O–H groups in total. The summed E-state index contributed by atoms with van der Waals surface area (Å²) in [4.78, 5) is 13.0. The van der Waals surface area contributed by atoms with Gasteiger partial charge in [0.05, 0.1) is 11.3 Å². The van der Waals surface area contributed by atoms with Crippen molar-refractivity contribution in [3.8, 4) is 11.5 Å². The van der Waals surface area contributed by atoms with Crippen LogP contribution in [0.4, 0.5) is 0 Å². The largest absolute Gasteiger partial charge is 0.466 e. The van der Waals surface area contributed by atoms with E-state index in [0.29, 0.717) is 11.7 Å². The summed E-state index contributed by atoms with van der Waals surface area (Å²) in [6.45, 7) is 7.70. The number of aromatic nitrogens is 2. The Bertz CT molecular complexity index is 930. The molecule has 0 aliphatic carbocycles. The van der Waals surface area contributed by atoms with Crippen molar-refractivity contribution in [1.82, 2.24) is 10.2 Å². The highest BCUT2D eigenvalue weighted by molar-refractivity contribution is 8.00. The first-order chi connectivity index (χ1) is 12.4. The highest BCUT2D eigenvalue weighted by Gasteiger charge is 2.15. The van der Waals surface area contributed by atoms with Gasteiger partial charge in [-0.2, -0.15) is 0 Å². The van der Waals surface area contributed by atoms with Gasteiger partial charge in [-0.3, -0.25) is 4.79 Å². The van der Waals surface area contributed by atoms with Crippen LogP contribution in [0.2, 0.25) is 0 Å². The predicted molar refractivity (Wildman–Crippen MR) is 97.9 cm³/mol. The van der Waals surface area contributed by atoms with Crippen LogP contribution in [0.15, 0.2) is 38.0 Å². The first-order valence-electron chi connectivity index (χ1n) is 8.18. The number of nitrogens with zero attached hydrogens (tertiary/aromatic N) is 2. The topological polar surface area (TPSA) is 78.4 Å². The third-order valence-electron chi connectivity index (χ3n) is 3.77. The van der Waals surface area contributed by atoms with Crippen LogP contribution >= 0.6 is 11.8 Å². The number of aryl methyl sites for hydroxylation is 4. The molecule has 0 amide bonds. The molecule has 1 aromatic carbocycles. The van der Waals surface area contributed by atoms with E-state index in [1.54, 1.807) is 0 Å². The smallest absolute Gasteiger partial charge is 0.316 e. The number of carbonyl (C=O) groups excluding carboxylic acids is 1. The Morgan fingerprint density at radius 3 is 2.62 bits per heavy atom. The summed E-state index contributed by atoms with van der Waals surface area (Å²) in [6.07, 6.45) is 0. The molecule has 0 radical (unpaired) electrons. The van der Waals surface area contributed by atoms with Crippen molar-refractivity contribution in [2.24, 2.45) is 0 Å². The van der Waals surface area contributed by atoms with E-state index in [1.165, 1.54) is 17.3 Å². The van der Waals surface area contributed by atoms with Crippen LogP contribution in [0.5, 0.6) is 0 Å². The number of rotatable bonds is 6. The molecular weight excluding hydrogens is 352 g/mol. The van der Waals surface area contributed by atoms with E-state index in [4.69, 9.17) is 13.6 Å². The second kappa shape index (κ2) is 7.78. The number of hydrogen-bond acceptors (Lipinski definition) is 7. The van der Waals surface area contributed by atoms with Crippen LogP contribution in [0.25, 0.3) is 11.5 Å². The zero-order valence-corrected chi connectivity index (χ0v) is 16.0. The van der Waals surface area contributed by atoms with Crippen molar-refractivity contribution in [2.75, 3.05) is 5.75 Å². The fourth-order valence-electron chi connectivity index (χ4n) is 2.55. The average Bonchev–Trinajstić information content (AvgIpc) is 3.18. The lowest BCUT2D eigenvalue weighted by Crippen LogP contribution is -2.07. The lowest BCUT2D eigenvalue weighted by atomic mass is 10.2. The monoisotopic (exact) mass is 372 g/mol. The van der Waals surface area contributed by atoms with Gasteiger partial charge in [-0.25, -0.2) is 0 Å². The van der Waals surface area contributed by atoms with Crippen LogP contribution in [0, 0.1) is 27.7 Å². The molecule has 3 aromatic rings. The summed E-state index contributed by atoms with van der Waals surface area (Å²) in [7, 11) is 0. The van der Waals surface area contributed by atoms with Crippen LogP contribution < -0.4 is 0 Å². The van der Waals surface area contributed by atoms with Crippen molar-refractivity contribution >= 4 is 17.7 Å². The minimum Gasteiger partial charge on any atom is -0.466 e. The van der Waals surface area contributed by atoms with E-state index in [9.17, 15) is 4.79 Å². The van der Waals surface area contributed by atoms with Gasteiger partial charge in [0.15, 0.2) is 6.61 Å². The van der Waals surface area contributed by atoms with Gasteiger partial charge in [-0.15, -0.1) is 22.0 Å². The maximum atomic E-state index is 12.0. The van der Waals surface area contributed by atoms with Crippen molar-refractivity contribution in [2.45, 2.75) is 39.2 Å². The summed E-state index contributed by atoms with van der Waals surface area (Å²) < 4.78 is 16.2. The third-order valence-corrected chi connectivity index (χ3v) is 4.92. The van der Waals surface area contributed by atoms with Crippen molar-refractivity contribution in [3.63, 3.8) is 0 Å². The van der Waals surface area contributed by atoms with Gasteiger partial charge in [0.1, 0.15) is 11.5 Å². The molecule has 0 aliphatic rings. The number of ether oxygens (including phenoxy) is 1. The first-order valence-corrected chi connectivity index (χ1v) is 9.16. The number of thioether (sulfide) groups is 1. The van der Waals surface area contributed by atoms with E-state index in [-0.39, 0.29) is 24.2 Å². The van der Waals surface area contributed by atoms with Gasteiger partial charge >= 0.3 is 5.97 Å². The molecule has 0 spiro atoms. The number of esters is 1. The van der Waals surface area contributed by atoms with E-state index >= 15 is 0 Å². The Labute approximate surface area is 155 Å². The van der Waals surface area contributed by atoms with Crippen molar-refractivity contribution < 1.29 is 18.4 Å². The molecule has 0 saturated heterocycles. The number of furan rings is 1. The molecule has 7 heteroatoms. The number of benzene rings is 1. The average molecular weight is 372 g/mol. The molecule has 2 aromatic heterocycles. The molecule has 26 heavy (non-hydrogen) atoms. The van der Waals surface area contributed by atoms with E-state index in [2.05, 4.69) is 16.3 Å². The summed E-state index contributed by atoms with van der Waals surface area (Å²) in [6, 6.07) is 7.97. The predicted octanol–water partition coefficient (Wildman–Crippen LogP) is 4.40. The van der Waals surface area contributed by atoms with Crippen LogP contribution in [-0.4, -0.2) is 21.9 Å². The summed E-state index contributed by atoms with van der Waals surface area (Å²) in [5.74, 6) is 1.99. The zero-order valence-electron chi connectivity index (χ0n) is 15.2. The third kappa shape index (κ3) is 4.35. The van der Waals surface area contributed by atoms with Gasteiger partial charge in [-0.1, -0.05) is 17.7 Å². The highest BCUT2D eigenvalue weighted by atomic mass is 32.2. The standard InChI is InChI=1S/C19H20N2O4S/c1-11-5-6-16(12(2)7-11)26-10-18(22)23-9-17-20-21-19(25-17)15-8-13(3)24-14(15)4/h5-8H,9-10H2,1-4H3. The quantitative estimate of drug-likeness (QED) is 0.469. The second-order valence-electron chi connectivity index (χ2n) is 6.05. The Balaban J connectivity index is 1.53. The fraction of sp³-hybridized carbons (Fsp3) is 0.316. The van der Waals surface area contributed by atoms with Crippen molar-refractivity contribution in [3.05, 3.63) is 52.8 Å². The number of carbonyl (C=O) groups is 1. The maximum absolute atomic E-state index is 12.0. The Morgan fingerprint density at radius 2 is 1.92 bits per heavy atom. The van der Waals surface area contributed by atoms with Gasteiger partial charge in [-0.05, 0) is 45.4 Å². The molecule has 3 rings (SSSR count). The van der Waals surface area contributed by atoms with Gasteiger partial charge in [0.25, 0.3) is 11.8 Å². The lowest BCUT2D eigenvalue weighted by Gasteiger charge is -2.06. The molecule has 6 nitrogen and oxygen atoms in total. The molecular formula is C19H20N2O4S. The van der Waals surface area contributed by atoms with Crippen LogP contribution in [-0.2, 0) is 16.1 Å². The summed E-state index contributed by atoms with van der Waals surface area (Å²) >= 11 is 1.45. The molecule has 0 bridgehead atoms. The van der Waals surface area contributed by atoms with E-state index < -0.39 is 0 Å². The molecule has 0 unspecified atom stereocenters. The fourth-order valence-corrected chi connectivity index (χ4v) is 3.35. The van der Waals surface area contributed by atoms with Gasteiger partial charge < -0.3 is 13.6 Å². The van der Waals surface area contributed by atoms with Crippen molar-refractivity contribution in [1.29, 1.82) is 0 Å². The number of hydrogen-bond donors (Lipinski definition) is 0. The Hall–Kier alpha value is -2.54. The molecule has 0 aliphatic heterocycles. The van der Waals surface area contributed by atoms with Crippen LogP contribution in [0.1, 0.15) is 28.5 Å². The molecule has 0 saturated carbocycles. The minimum atomic E-state index is -0.329. The van der Waals surface area contributed by atoms with E-state index in [1.807, 2.05) is 45.9 Å². The van der Waals surface area contributed by atoms with E-state index in [0.717, 1.165) is 21.8 Å². The Morgan fingerprint density at radius 1 is 1.12 bits per heavy atom. The first kappa shape index (κ1) is 18.3. The molecule has 2 heterocycles. The molecule has 0 atom stereocenters. The highest BCUT2D eigenvalue weighted by Crippen LogP contribution is 2.26. The Kier molecular flexibility index (Phi) is 5.46. The summed E-state index contributed by atoms with van der Waals surface area (Å²) in [5, 5.41) is 7.89. The minimum absolute atomic E-state index is 0.0465. The molecule has 0 fully saturated rings. The SMILES string of the molecule is Cc1ccc(SCC(=O)OCc2nnc(-c3cc(C)oc3C)o2)c(C)c1. The second-order valence-corrected chi connectivity index (χ2v) is 7.06. The van der Waals surface area contributed by atoms with Gasteiger partial charge in [0.2, 0.25) is 0 Å². The van der Waals surface area contributed by atoms with Gasteiger partial charge in [0, 0.05) is 4.90 Å².